The predicted octanol–water partition coefficient (Wildman–Crippen LogP) is 3.08. The number of carbonyl (C=O) groups excluding carboxylic acids is 2. The highest BCUT2D eigenvalue weighted by atomic mass is 16.5. The lowest BCUT2D eigenvalue weighted by Gasteiger charge is -2.38. The lowest BCUT2D eigenvalue weighted by molar-refractivity contribution is -0.120. The minimum Gasteiger partial charge on any atom is -0.494 e. The molecule has 1 saturated heterocycles. The first kappa shape index (κ1) is 23.6. The Bertz CT molecular complexity index is 891. The average molecular weight is 441 g/mol. The summed E-state index contributed by atoms with van der Waals surface area (Å²) >= 11 is 0. The SMILES string of the molecule is CCOc1ccc(C2(CNC(=O)CNC(=O)c3ccccc3OCC)CCOCC2)cc1. The van der Waals surface area contributed by atoms with Crippen LogP contribution in [0, 0.1) is 0 Å². The number of amides is 2. The van der Waals surface area contributed by atoms with Crippen molar-refractivity contribution in [3.8, 4) is 11.5 Å². The van der Waals surface area contributed by atoms with E-state index in [0.29, 0.717) is 44.3 Å². The van der Waals surface area contributed by atoms with Gasteiger partial charge < -0.3 is 24.8 Å². The van der Waals surface area contributed by atoms with E-state index in [1.807, 2.05) is 32.0 Å². The van der Waals surface area contributed by atoms with Crippen LogP contribution in [-0.2, 0) is 14.9 Å². The third-order valence-corrected chi connectivity index (χ3v) is 5.69. The maximum atomic E-state index is 12.5. The first-order chi connectivity index (χ1) is 15.6. The first-order valence-corrected chi connectivity index (χ1v) is 11.2. The Morgan fingerprint density at radius 3 is 2.31 bits per heavy atom. The predicted molar refractivity (Wildman–Crippen MR) is 122 cm³/mol. The van der Waals surface area contributed by atoms with E-state index < -0.39 is 0 Å². The van der Waals surface area contributed by atoms with Gasteiger partial charge in [-0.05, 0) is 56.5 Å². The molecule has 1 aliphatic heterocycles. The number of carbonyl (C=O) groups is 2. The van der Waals surface area contributed by atoms with Gasteiger partial charge in [0, 0.05) is 25.2 Å². The second-order valence-corrected chi connectivity index (χ2v) is 7.74. The molecular weight excluding hydrogens is 408 g/mol. The monoisotopic (exact) mass is 440 g/mol. The minimum absolute atomic E-state index is 0.102. The summed E-state index contributed by atoms with van der Waals surface area (Å²) < 4.78 is 16.6. The molecule has 0 saturated carbocycles. The van der Waals surface area contributed by atoms with Crippen molar-refractivity contribution >= 4 is 11.8 Å². The van der Waals surface area contributed by atoms with Crippen molar-refractivity contribution in [2.24, 2.45) is 0 Å². The standard InChI is InChI=1S/C25H32N2O5/c1-3-31-20-11-9-19(10-12-20)25(13-15-30-16-14-25)18-27-23(28)17-26-24(29)21-7-5-6-8-22(21)32-4-2/h5-12H,3-4,13-18H2,1-2H3,(H,26,29)(H,27,28). The molecule has 2 N–H and O–H groups in total. The van der Waals surface area contributed by atoms with E-state index in [2.05, 4.69) is 22.8 Å². The number of nitrogens with one attached hydrogen (secondary N) is 2. The molecule has 0 atom stereocenters. The minimum atomic E-state index is -0.337. The van der Waals surface area contributed by atoms with E-state index >= 15 is 0 Å². The smallest absolute Gasteiger partial charge is 0.255 e. The van der Waals surface area contributed by atoms with E-state index in [1.54, 1.807) is 18.2 Å². The van der Waals surface area contributed by atoms with Crippen LogP contribution in [0.15, 0.2) is 48.5 Å². The highest BCUT2D eigenvalue weighted by molar-refractivity contribution is 5.98. The summed E-state index contributed by atoms with van der Waals surface area (Å²) in [6, 6.07) is 15.1. The van der Waals surface area contributed by atoms with Gasteiger partial charge in [0.1, 0.15) is 11.5 Å². The van der Waals surface area contributed by atoms with Crippen LogP contribution in [-0.4, -0.2) is 51.3 Å². The van der Waals surface area contributed by atoms with Gasteiger partial charge in [-0.2, -0.15) is 0 Å². The van der Waals surface area contributed by atoms with Crippen LogP contribution in [0.5, 0.6) is 11.5 Å². The lowest BCUT2D eigenvalue weighted by Crippen LogP contribution is -2.47. The van der Waals surface area contributed by atoms with E-state index in [1.165, 1.54) is 0 Å². The molecule has 0 aliphatic carbocycles. The molecule has 7 nitrogen and oxygen atoms in total. The van der Waals surface area contributed by atoms with Crippen molar-refractivity contribution < 1.29 is 23.8 Å². The van der Waals surface area contributed by atoms with Crippen LogP contribution in [0.1, 0.15) is 42.6 Å². The fourth-order valence-electron chi connectivity index (χ4n) is 3.92. The van der Waals surface area contributed by atoms with Crippen LogP contribution in [0.25, 0.3) is 0 Å². The molecule has 7 heteroatoms. The largest absolute Gasteiger partial charge is 0.494 e. The number of rotatable bonds is 10. The number of para-hydroxylation sites is 1. The molecule has 1 fully saturated rings. The summed E-state index contributed by atoms with van der Waals surface area (Å²) in [4.78, 5) is 25.1. The Hall–Kier alpha value is -3.06. The Kier molecular flexibility index (Phi) is 8.50. The lowest BCUT2D eigenvalue weighted by atomic mass is 9.74. The summed E-state index contributed by atoms with van der Waals surface area (Å²) in [5.41, 5.74) is 1.36. The molecule has 0 bridgehead atoms. The van der Waals surface area contributed by atoms with Crippen molar-refractivity contribution in [2.45, 2.75) is 32.1 Å². The third kappa shape index (κ3) is 6.01. The molecule has 1 heterocycles. The third-order valence-electron chi connectivity index (χ3n) is 5.69. The number of hydrogen-bond acceptors (Lipinski definition) is 5. The van der Waals surface area contributed by atoms with Crippen molar-refractivity contribution in [3.63, 3.8) is 0 Å². The second kappa shape index (κ2) is 11.5. The zero-order chi connectivity index (χ0) is 22.8. The van der Waals surface area contributed by atoms with Gasteiger partial charge in [0.15, 0.2) is 0 Å². The fraction of sp³-hybridized carbons (Fsp3) is 0.440. The van der Waals surface area contributed by atoms with E-state index in [0.717, 1.165) is 24.2 Å². The Morgan fingerprint density at radius 2 is 1.62 bits per heavy atom. The summed E-state index contributed by atoms with van der Waals surface area (Å²) in [5.74, 6) is 0.766. The highest BCUT2D eigenvalue weighted by Crippen LogP contribution is 2.35. The van der Waals surface area contributed by atoms with Gasteiger partial charge in [0.2, 0.25) is 5.91 Å². The highest BCUT2D eigenvalue weighted by Gasteiger charge is 2.35. The van der Waals surface area contributed by atoms with Crippen LogP contribution >= 0.6 is 0 Å². The molecule has 2 amide bonds. The van der Waals surface area contributed by atoms with E-state index in [9.17, 15) is 9.59 Å². The zero-order valence-corrected chi connectivity index (χ0v) is 18.8. The first-order valence-electron chi connectivity index (χ1n) is 11.2. The maximum Gasteiger partial charge on any atom is 0.255 e. The Balaban J connectivity index is 1.59. The molecule has 32 heavy (non-hydrogen) atoms. The maximum absolute atomic E-state index is 12.5. The molecule has 0 aromatic heterocycles. The molecule has 0 radical (unpaired) electrons. The summed E-state index contributed by atoms with van der Waals surface area (Å²) in [6.07, 6.45) is 1.63. The summed E-state index contributed by atoms with van der Waals surface area (Å²) in [6.45, 7) is 6.57. The molecule has 1 aliphatic rings. The van der Waals surface area contributed by atoms with Crippen LogP contribution in [0.4, 0.5) is 0 Å². The number of ether oxygens (including phenoxy) is 3. The number of benzene rings is 2. The van der Waals surface area contributed by atoms with Crippen molar-refractivity contribution in [1.29, 1.82) is 0 Å². The van der Waals surface area contributed by atoms with E-state index in [-0.39, 0.29) is 23.8 Å². The Labute approximate surface area is 189 Å². The molecule has 172 valence electrons. The molecule has 0 spiro atoms. The van der Waals surface area contributed by atoms with Crippen LogP contribution in [0.3, 0.4) is 0 Å². The van der Waals surface area contributed by atoms with Gasteiger partial charge in [-0.3, -0.25) is 9.59 Å². The molecule has 0 unspecified atom stereocenters. The average Bonchev–Trinajstić information content (AvgIpc) is 2.83. The quantitative estimate of drug-likeness (QED) is 0.593. The van der Waals surface area contributed by atoms with Gasteiger partial charge in [0.25, 0.3) is 5.91 Å². The number of hydrogen-bond donors (Lipinski definition) is 2. The van der Waals surface area contributed by atoms with Crippen molar-refractivity contribution in [1.82, 2.24) is 10.6 Å². The normalized spacial score (nSPS) is 14.9. The van der Waals surface area contributed by atoms with Gasteiger partial charge >= 0.3 is 0 Å². The Morgan fingerprint density at radius 1 is 0.938 bits per heavy atom. The summed E-state index contributed by atoms with van der Waals surface area (Å²) in [5, 5.41) is 5.69. The molecule has 3 rings (SSSR count). The van der Waals surface area contributed by atoms with E-state index in [4.69, 9.17) is 14.2 Å². The summed E-state index contributed by atoms with van der Waals surface area (Å²) in [7, 11) is 0. The van der Waals surface area contributed by atoms with Gasteiger partial charge in [-0.1, -0.05) is 24.3 Å². The van der Waals surface area contributed by atoms with Gasteiger partial charge in [-0.15, -0.1) is 0 Å². The molecule has 2 aromatic rings. The van der Waals surface area contributed by atoms with Crippen molar-refractivity contribution in [2.75, 3.05) is 39.5 Å². The van der Waals surface area contributed by atoms with Gasteiger partial charge in [0.05, 0.1) is 25.3 Å². The molecular formula is C25H32N2O5. The second-order valence-electron chi connectivity index (χ2n) is 7.74. The van der Waals surface area contributed by atoms with Crippen LogP contribution in [0.2, 0.25) is 0 Å². The molecule has 2 aromatic carbocycles. The van der Waals surface area contributed by atoms with Crippen molar-refractivity contribution in [3.05, 3.63) is 59.7 Å². The topological polar surface area (TPSA) is 85.9 Å². The van der Waals surface area contributed by atoms with Gasteiger partial charge in [-0.25, -0.2) is 0 Å². The fourth-order valence-corrected chi connectivity index (χ4v) is 3.92. The zero-order valence-electron chi connectivity index (χ0n) is 18.8. The van der Waals surface area contributed by atoms with Crippen LogP contribution < -0.4 is 20.1 Å².